The third-order valence-corrected chi connectivity index (χ3v) is 4.24. The molecule has 1 nitrogen and oxygen atoms in total. The summed E-state index contributed by atoms with van der Waals surface area (Å²) >= 11 is 9.66. The van der Waals surface area contributed by atoms with Gasteiger partial charge < -0.3 is 0 Å². The molecule has 15 heavy (non-hydrogen) atoms. The fraction of sp³-hybridized carbons (Fsp3) is 0.250. The molecule has 0 fully saturated rings. The van der Waals surface area contributed by atoms with Gasteiger partial charge in [-0.1, -0.05) is 23.7 Å². The van der Waals surface area contributed by atoms with Crippen molar-refractivity contribution >= 4 is 38.4 Å². The van der Waals surface area contributed by atoms with Gasteiger partial charge in [-0.25, -0.2) is 0 Å². The van der Waals surface area contributed by atoms with Gasteiger partial charge in [0.25, 0.3) is 0 Å². The van der Waals surface area contributed by atoms with E-state index in [1.807, 2.05) is 6.92 Å². The first kappa shape index (κ1) is 10.9. The van der Waals surface area contributed by atoms with Crippen molar-refractivity contribution in [2.45, 2.75) is 20.8 Å². The molecule has 1 aromatic carbocycles. The van der Waals surface area contributed by atoms with Crippen LogP contribution in [0.1, 0.15) is 16.8 Å². The van der Waals surface area contributed by atoms with Gasteiger partial charge >= 0.3 is 0 Å². The Morgan fingerprint density at radius 3 is 2.53 bits per heavy atom. The number of fused-ring (bicyclic) bond motifs is 1. The summed E-state index contributed by atoms with van der Waals surface area (Å²) in [6, 6.07) is 4.15. The van der Waals surface area contributed by atoms with Crippen LogP contribution >= 0.6 is 27.5 Å². The molecule has 78 valence electrons. The van der Waals surface area contributed by atoms with Crippen LogP contribution < -0.4 is 0 Å². The SMILES string of the molecule is Cc1ccc2c(Br)c(Cl)c(C)nc2c1C. The van der Waals surface area contributed by atoms with E-state index in [0.717, 1.165) is 21.1 Å². The number of rotatable bonds is 0. The van der Waals surface area contributed by atoms with Crippen LogP contribution in [0.2, 0.25) is 5.02 Å². The molecule has 0 spiro atoms. The largest absolute Gasteiger partial charge is 0.251 e. The predicted molar refractivity (Wildman–Crippen MR) is 68.7 cm³/mol. The van der Waals surface area contributed by atoms with Crippen LogP contribution in [0.25, 0.3) is 10.9 Å². The Hall–Kier alpha value is -0.600. The average Bonchev–Trinajstić information content (AvgIpc) is 2.21. The van der Waals surface area contributed by atoms with Crippen molar-refractivity contribution < 1.29 is 0 Å². The lowest BCUT2D eigenvalue weighted by Gasteiger charge is -2.09. The molecule has 0 N–H and O–H groups in total. The second kappa shape index (κ2) is 3.76. The lowest BCUT2D eigenvalue weighted by Crippen LogP contribution is -1.92. The second-order valence-corrected chi connectivity index (χ2v) is 4.90. The fourth-order valence-electron chi connectivity index (χ4n) is 1.62. The van der Waals surface area contributed by atoms with Crippen molar-refractivity contribution in [1.82, 2.24) is 4.98 Å². The molecule has 0 aliphatic carbocycles. The smallest absolute Gasteiger partial charge is 0.0767 e. The highest BCUT2D eigenvalue weighted by Crippen LogP contribution is 2.33. The van der Waals surface area contributed by atoms with Gasteiger partial charge in [0.1, 0.15) is 0 Å². The van der Waals surface area contributed by atoms with Gasteiger partial charge in [-0.15, -0.1) is 0 Å². The van der Waals surface area contributed by atoms with E-state index in [-0.39, 0.29) is 0 Å². The van der Waals surface area contributed by atoms with Gasteiger partial charge in [0.2, 0.25) is 0 Å². The maximum atomic E-state index is 6.14. The van der Waals surface area contributed by atoms with E-state index in [1.54, 1.807) is 0 Å². The number of benzene rings is 1. The summed E-state index contributed by atoms with van der Waals surface area (Å²) < 4.78 is 0.940. The Morgan fingerprint density at radius 2 is 1.87 bits per heavy atom. The number of aromatic nitrogens is 1. The van der Waals surface area contributed by atoms with Crippen molar-refractivity contribution in [2.24, 2.45) is 0 Å². The van der Waals surface area contributed by atoms with Crippen LogP contribution in [-0.4, -0.2) is 4.98 Å². The summed E-state index contributed by atoms with van der Waals surface area (Å²) in [5.41, 5.74) is 4.37. The molecule has 1 heterocycles. The summed E-state index contributed by atoms with van der Waals surface area (Å²) in [6.45, 7) is 6.10. The molecule has 2 rings (SSSR count). The van der Waals surface area contributed by atoms with E-state index in [2.05, 4.69) is 46.9 Å². The van der Waals surface area contributed by atoms with Crippen LogP contribution in [-0.2, 0) is 0 Å². The summed E-state index contributed by atoms with van der Waals surface area (Å²) in [5, 5.41) is 1.78. The number of halogens is 2. The van der Waals surface area contributed by atoms with Crippen LogP contribution in [0, 0.1) is 20.8 Å². The highest BCUT2D eigenvalue weighted by Gasteiger charge is 2.10. The third kappa shape index (κ3) is 1.66. The van der Waals surface area contributed by atoms with Crippen LogP contribution in [0.15, 0.2) is 16.6 Å². The standard InChI is InChI=1S/C12H11BrClN/c1-6-4-5-9-10(13)11(14)8(3)15-12(9)7(6)2/h4-5H,1-3H3. The summed E-state index contributed by atoms with van der Waals surface area (Å²) in [7, 11) is 0. The van der Waals surface area contributed by atoms with Crippen molar-refractivity contribution in [3.05, 3.63) is 38.4 Å². The number of pyridine rings is 1. The first-order valence-corrected chi connectivity index (χ1v) is 5.91. The number of aryl methyl sites for hydroxylation is 3. The maximum absolute atomic E-state index is 6.14. The van der Waals surface area contributed by atoms with Crippen molar-refractivity contribution in [2.75, 3.05) is 0 Å². The monoisotopic (exact) mass is 283 g/mol. The zero-order valence-corrected chi connectivity index (χ0v) is 11.2. The van der Waals surface area contributed by atoms with Gasteiger partial charge in [-0.05, 0) is 47.8 Å². The predicted octanol–water partition coefficient (Wildman–Crippen LogP) is 4.58. The molecule has 0 unspecified atom stereocenters. The third-order valence-electron chi connectivity index (χ3n) is 2.73. The number of hydrogen-bond acceptors (Lipinski definition) is 1. The van der Waals surface area contributed by atoms with E-state index in [4.69, 9.17) is 11.6 Å². The lowest BCUT2D eigenvalue weighted by atomic mass is 10.1. The van der Waals surface area contributed by atoms with E-state index in [9.17, 15) is 0 Å². The normalized spacial score (nSPS) is 11.0. The molecule has 0 amide bonds. The molecule has 0 aliphatic heterocycles. The molecular weight excluding hydrogens is 273 g/mol. The number of hydrogen-bond donors (Lipinski definition) is 0. The molecular formula is C12H11BrClN. The Morgan fingerprint density at radius 1 is 1.20 bits per heavy atom. The molecule has 2 aromatic rings. The van der Waals surface area contributed by atoms with Gasteiger partial charge in [-0.2, -0.15) is 0 Å². The Kier molecular flexibility index (Phi) is 2.73. The van der Waals surface area contributed by atoms with Gasteiger partial charge in [-0.3, -0.25) is 4.98 Å². The maximum Gasteiger partial charge on any atom is 0.0767 e. The van der Waals surface area contributed by atoms with Crippen molar-refractivity contribution in [1.29, 1.82) is 0 Å². The van der Waals surface area contributed by atoms with Gasteiger partial charge in [0, 0.05) is 9.86 Å². The molecule has 0 radical (unpaired) electrons. The minimum atomic E-state index is 0.700. The fourth-order valence-corrected chi connectivity index (χ4v) is 2.37. The summed E-state index contributed by atoms with van der Waals surface area (Å²) in [6.07, 6.45) is 0. The van der Waals surface area contributed by atoms with E-state index in [1.165, 1.54) is 11.1 Å². The highest BCUT2D eigenvalue weighted by molar-refractivity contribution is 9.10. The minimum Gasteiger partial charge on any atom is -0.251 e. The lowest BCUT2D eigenvalue weighted by molar-refractivity contribution is 1.22. The Bertz CT molecular complexity index is 549. The molecule has 0 aliphatic rings. The Labute approximate surface area is 103 Å². The minimum absolute atomic E-state index is 0.700. The molecule has 1 aromatic heterocycles. The Balaban J connectivity index is 2.98. The molecule has 0 bridgehead atoms. The molecule has 0 saturated carbocycles. The van der Waals surface area contributed by atoms with Crippen LogP contribution in [0.4, 0.5) is 0 Å². The van der Waals surface area contributed by atoms with Gasteiger partial charge in [0.05, 0.1) is 16.2 Å². The molecule has 3 heteroatoms. The first-order valence-electron chi connectivity index (χ1n) is 4.74. The average molecular weight is 285 g/mol. The quantitative estimate of drug-likeness (QED) is 0.690. The van der Waals surface area contributed by atoms with Gasteiger partial charge in [0.15, 0.2) is 0 Å². The van der Waals surface area contributed by atoms with E-state index in [0.29, 0.717) is 5.02 Å². The van der Waals surface area contributed by atoms with Crippen molar-refractivity contribution in [3.63, 3.8) is 0 Å². The first-order chi connectivity index (χ1) is 7.02. The van der Waals surface area contributed by atoms with Crippen LogP contribution in [0.5, 0.6) is 0 Å². The topological polar surface area (TPSA) is 12.9 Å². The van der Waals surface area contributed by atoms with E-state index < -0.39 is 0 Å². The second-order valence-electron chi connectivity index (χ2n) is 3.73. The summed E-state index contributed by atoms with van der Waals surface area (Å²) in [4.78, 5) is 4.53. The zero-order chi connectivity index (χ0) is 11.2. The zero-order valence-electron chi connectivity index (χ0n) is 8.86. The summed E-state index contributed by atoms with van der Waals surface area (Å²) in [5.74, 6) is 0. The highest BCUT2D eigenvalue weighted by atomic mass is 79.9. The van der Waals surface area contributed by atoms with Crippen LogP contribution in [0.3, 0.4) is 0 Å². The van der Waals surface area contributed by atoms with E-state index >= 15 is 0 Å². The molecule has 0 saturated heterocycles. The molecule has 0 atom stereocenters. The van der Waals surface area contributed by atoms with Crippen molar-refractivity contribution in [3.8, 4) is 0 Å². The number of nitrogens with zero attached hydrogens (tertiary/aromatic N) is 1.